The monoisotopic (exact) mass is 202 g/mol. The van der Waals surface area contributed by atoms with Gasteiger partial charge in [0, 0.05) is 19.1 Å². The molecule has 0 radical (unpaired) electrons. The summed E-state index contributed by atoms with van der Waals surface area (Å²) >= 11 is 0. The summed E-state index contributed by atoms with van der Waals surface area (Å²) in [5.41, 5.74) is 11.3. The Hall–Kier alpha value is -1.12. The third kappa shape index (κ3) is 2.11. The molecule has 1 aromatic rings. The number of aryl methyl sites for hydroxylation is 1. The van der Waals surface area contributed by atoms with Crippen molar-refractivity contribution in [2.75, 3.05) is 13.1 Å². The zero-order valence-corrected chi connectivity index (χ0v) is 9.38. The van der Waals surface area contributed by atoms with E-state index in [-0.39, 0.29) is 6.04 Å². The van der Waals surface area contributed by atoms with Crippen LogP contribution in [0.2, 0.25) is 0 Å². The van der Waals surface area contributed by atoms with Crippen LogP contribution in [-0.4, -0.2) is 19.1 Å². The molecule has 15 heavy (non-hydrogen) atoms. The van der Waals surface area contributed by atoms with Gasteiger partial charge < -0.3 is 11.1 Å². The molecular formula is C13H18N2. The molecular weight excluding hydrogens is 184 g/mol. The van der Waals surface area contributed by atoms with Gasteiger partial charge in [0.15, 0.2) is 0 Å². The van der Waals surface area contributed by atoms with Gasteiger partial charge in [0.2, 0.25) is 0 Å². The molecule has 2 heteroatoms. The maximum absolute atomic E-state index is 5.91. The molecule has 0 aromatic heterocycles. The van der Waals surface area contributed by atoms with Gasteiger partial charge in [0.05, 0.1) is 0 Å². The second kappa shape index (κ2) is 4.17. The fourth-order valence-electron chi connectivity index (χ4n) is 2.03. The van der Waals surface area contributed by atoms with Crippen molar-refractivity contribution >= 4 is 5.57 Å². The van der Waals surface area contributed by atoms with Crippen molar-refractivity contribution in [3.8, 4) is 0 Å². The van der Waals surface area contributed by atoms with E-state index in [4.69, 9.17) is 5.73 Å². The summed E-state index contributed by atoms with van der Waals surface area (Å²) in [6.07, 6.45) is 2.18. The van der Waals surface area contributed by atoms with Crippen LogP contribution >= 0.6 is 0 Å². The predicted molar refractivity (Wildman–Crippen MR) is 64.7 cm³/mol. The lowest BCUT2D eigenvalue weighted by molar-refractivity contribution is 0.662. The van der Waals surface area contributed by atoms with Crippen molar-refractivity contribution in [1.29, 1.82) is 0 Å². The zero-order valence-electron chi connectivity index (χ0n) is 9.38. The number of benzene rings is 1. The standard InChI is InChI=1S/C13H18N2/c1-9-4-3-5-13(10(9)2)11-6-12(14)8-15-7-11/h3-6,12,15H,7-8,14H2,1-2H3. The predicted octanol–water partition coefficient (Wildman–Crippen LogP) is 1.62. The smallest absolute Gasteiger partial charge is 0.0357 e. The SMILES string of the molecule is Cc1cccc(C2=CC(N)CNC2)c1C. The lowest BCUT2D eigenvalue weighted by Crippen LogP contribution is -2.37. The minimum Gasteiger partial charge on any atom is -0.323 e. The summed E-state index contributed by atoms with van der Waals surface area (Å²) in [5.74, 6) is 0. The van der Waals surface area contributed by atoms with Gasteiger partial charge >= 0.3 is 0 Å². The van der Waals surface area contributed by atoms with E-state index in [2.05, 4.69) is 43.4 Å². The Morgan fingerprint density at radius 1 is 1.33 bits per heavy atom. The highest BCUT2D eigenvalue weighted by molar-refractivity contribution is 5.71. The highest BCUT2D eigenvalue weighted by Crippen LogP contribution is 2.22. The molecule has 2 rings (SSSR count). The maximum atomic E-state index is 5.91. The van der Waals surface area contributed by atoms with Crippen LogP contribution in [0.3, 0.4) is 0 Å². The molecule has 0 amide bonds. The second-order valence-electron chi connectivity index (χ2n) is 4.23. The van der Waals surface area contributed by atoms with E-state index in [0.29, 0.717) is 0 Å². The molecule has 0 saturated carbocycles. The lowest BCUT2D eigenvalue weighted by atomic mass is 9.94. The van der Waals surface area contributed by atoms with Crippen LogP contribution in [0.15, 0.2) is 24.3 Å². The fourth-order valence-corrected chi connectivity index (χ4v) is 2.03. The Morgan fingerprint density at radius 2 is 2.13 bits per heavy atom. The van der Waals surface area contributed by atoms with Crippen molar-refractivity contribution < 1.29 is 0 Å². The van der Waals surface area contributed by atoms with Crippen molar-refractivity contribution in [3.05, 3.63) is 41.0 Å². The van der Waals surface area contributed by atoms with Crippen LogP contribution in [0.5, 0.6) is 0 Å². The van der Waals surface area contributed by atoms with Gasteiger partial charge in [-0.05, 0) is 36.1 Å². The summed E-state index contributed by atoms with van der Waals surface area (Å²) < 4.78 is 0. The van der Waals surface area contributed by atoms with E-state index >= 15 is 0 Å². The normalized spacial score (nSPS) is 21.3. The number of rotatable bonds is 1. The Labute approximate surface area is 91.2 Å². The maximum Gasteiger partial charge on any atom is 0.0357 e. The molecule has 0 fully saturated rings. The molecule has 1 heterocycles. The minimum atomic E-state index is 0.147. The largest absolute Gasteiger partial charge is 0.323 e. The van der Waals surface area contributed by atoms with Gasteiger partial charge in [-0.25, -0.2) is 0 Å². The third-order valence-corrected chi connectivity index (χ3v) is 3.06. The highest BCUT2D eigenvalue weighted by atomic mass is 14.9. The first-order valence-corrected chi connectivity index (χ1v) is 5.42. The van der Waals surface area contributed by atoms with Gasteiger partial charge in [-0.15, -0.1) is 0 Å². The van der Waals surface area contributed by atoms with Crippen LogP contribution < -0.4 is 11.1 Å². The number of nitrogens with one attached hydrogen (secondary N) is 1. The van der Waals surface area contributed by atoms with Crippen LogP contribution in [-0.2, 0) is 0 Å². The van der Waals surface area contributed by atoms with Gasteiger partial charge in [-0.3, -0.25) is 0 Å². The molecule has 1 aliphatic heterocycles. The molecule has 0 aliphatic carbocycles. The summed E-state index contributed by atoms with van der Waals surface area (Å²) in [7, 11) is 0. The Morgan fingerprint density at radius 3 is 2.87 bits per heavy atom. The Kier molecular flexibility index (Phi) is 2.89. The van der Waals surface area contributed by atoms with E-state index < -0.39 is 0 Å². The number of hydrogen-bond donors (Lipinski definition) is 2. The first-order valence-electron chi connectivity index (χ1n) is 5.42. The molecule has 2 nitrogen and oxygen atoms in total. The lowest BCUT2D eigenvalue weighted by Gasteiger charge is -2.21. The average Bonchev–Trinajstić information content (AvgIpc) is 2.22. The molecule has 1 unspecified atom stereocenters. The first kappa shape index (κ1) is 10.4. The Bertz CT molecular complexity index is 394. The molecule has 1 atom stereocenters. The van der Waals surface area contributed by atoms with Gasteiger partial charge in [0.25, 0.3) is 0 Å². The molecule has 0 spiro atoms. The quantitative estimate of drug-likeness (QED) is 0.726. The first-order chi connectivity index (χ1) is 7.18. The van der Waals surface area contributed by atoms with E-state index in [1.165, 1.54) is 22.3 Å². The number of hydrogen-bond acceptors (Lipinski definition) is 2. The fraction of sp³-hybridized carbons (Fsp3) is 0.385. The summed E-state index contributed by atoms with van der Waals surface area (Å²) in [6, 6.07) is 6.58. The minimum absolute atomic E-state index is 0.147. The molecule has 0 saturated heterocycles. The van der Waals surface area contributed by atoms with Crippen molar-refractivity contribution in [1.82, 2.24) is 5.32 Å². The van der Waals surface area contributed by atoms with Crippen molar-refractivity contribution in [2.45, 2.75) is 19.9 Å². The van der Waals surface area contributed by atoms with E-state index in [1.54, 1.807) is 0 Å². The third-order valence-electron chi connectivity index (χ3n) is 3.06. The summed E-state index contributed by atoms with van der Waals surface area (Å²) in [6.45, 7) is 6.13. The molecule has 80 valence electrons. The molecule has 1 aliphatic rings. The average molecular weight is 202 g/mol. The number of nitrogens with two attached hydrogens (primary N) is 1. The zero-order chi connectivity index (χ0) is 10.8. The van der Waals surface area contributed by atoms with Crippen LogP contribution in [0.1, 0.15) is 16.7 Å². The van der Waals surface area contributed by atoms with Gasteiger partial charge in [-0.2, -0.15) is 0 Å². The van der Waals surface area contributed by atoms with E-state index in [0.717, 1.165) is 13.1 Å². The highest BCUT2D eigenvalue weighted by Gasteiger charge is 2.12. The summed E-state index contributed by atoms with van der Waals surface area (Å²) in [4.78, 5) is 0. The van der Waals surface area contributed by atoms with E-state index in [9.17, 15) is 0 Å². The Balaban J connectivity index is 2.41. The van der Waals surface area contributed by atoms with Crippen LogP contribution in [0.25, 0.3) is 5.57 Å². The summed E-state index contributed by atoms with van der Waals surface area (Å²) in [5, 5.41) is 3.34. The van der Waals surface area contributed by atoms with Crippen LogP contribution in [0, 0.1) is 13.8 Å². The molecule has 3 N–H and O–H groups in total. The second-order valence-corrected chi connectivity index (χ2v) is 4.23. The molecule has 0 bridgehead atoms. The van der Waals surface area contributed by atoms with Crippen LogP contribution in [0.4, 0.5) is 0 Å². The van der Waals surface area contributed by atoms with Gasteiger partial charge in [-0.1, -0.05) is 24.3 Å². The van der Waals surface area contributed by atoms with Gasteiger partial charge in [0.1, 0.15) is 0 Å². The molecule has 1 aromatic carbocycles. The van der Waals surface area contributed by atoms with Crippen molar-refractivity contribution in [2.24, 2.45) is 5.73 Å². The van der Waals surface area contributed by atoms with E-state index in [1.807, 2.05) is 0 Å². The topological polar surface area (TPSA) is 38.0 Å². The van der Waals surface area contributed by atoms with Crippen molar-refractivity contribution in [3.63, 3.8) is 0 Å².